The molecule has 2 aliphatic heterocycles. The fraction of sp³-hybridized carbons (Fsp3) is 1.00. The van der Waals surface area contributed by atoms with E-state index in [-0.39, 0.29) is 0 Å². The van der Waals surface area contributed by atoms with E-state index in [0.29, 0.717) is 0 Å². The normalized spacial score (nSPS) is 56.2. The molecule has 2 unspecified atom stereocenters. The summed E-state index contributed by atoms with van der Waals surface area (Å²) in [5.74, 6) is -6.65. The second kappa shape index (κ2) is 6.68. The molecule has 2 heterocycles. The van der Waals surface area contributed by atoms with E-state index in [2.05, 4.69) is 0 Å². The Balaban J connectivity index is 2.45. The van der Waals surface area contributed by atoms with Crippen LogP contribution in [0.4, 0.5) is 0 Å². The Bertz CT molecular complexity index is 406. The van der Waals surface area contributed by atoms with Gasteiger partial charge in [-0.05, 0) is 0 Å². The van der Waals surface area contributed by atoms with Crippen LogP contribution < -0.4 is 0 Å². The fourth-order valence-corrected chi connectivity index (χ4v) is 2.90. The third-order valence-electron chi connectivity index (χ3n) is 4.45. The van der Waals surface area contributed by atoms with E-state index >= 15 is 0 Å². The van der Waals surface area contributed by atoms with Gasteiger partial charge in [0.15, 0.2) is 0 Å². The molecule has 0 bridgehead atoms. The first-order valence-corrected chi connectivity index (χ1v) is 7.15. The van der Waals surface area contributed by atoms with Crippen molar-refractivity contribution in [2.24, 2.45) is 0 Å². The Labute approximate surface area is 135 Å². The van der Waals surface area contributed by atoms with Crippen molar-refractivity contribution in [3.63, 3.8) is 0 Å². The Morgan fingerprint density at radius 3 is 1.12 bits per heavy atom. The van der Waals surface area contributed by atoms with E-state index in [1.807, 2.05) is 0 Å². The van der Waals surface area contributed by atoms with Gasteiger partial charge in [-0.15, -0.1) is 0 Å². The molecule has 0 radical (unpaired) electrons. The van der Waals surface area contributed by atoms with Crippen LogP contribution in [0.3, 0.4) is 0 Å². The average Bonchev–Trinajstić information content (AvgIpc) is 2.57. The van der Waals surface area contributed by atoms with Gasteiger partial charge in [0.2, 0.25) is 0 Å². The SMILES string of the molecule is OC[C@H]1OC(O)(C2(O)O[C@H](CO)[C@H](O)[C@H](O)[C@H]2O)[C@H](O)[C@@H](O)[C@H]1O. The van der Waals surface area contributed by atoms with Crippen LogP contribution in [-0.2, 0) is 9.47 Å². The molecule has 0 saturated carbocycles. The van der Waals surface area contributed by atoms with Crippen molar-refractivity contribution in [2.75, 3.05) is 13.2 Å². The van der Waals surface area contributed by atoms with Crippen LogP contribution in [0.25, 0.3) is 0 Å². The summed E-state index contributed by atoms with van der Waals surface area (Å²) in [7, 11) is 0. The molecule has 2 rings (SSSR count). The molecular formula is C12H22O12. The van der Waals surface area contributed by atoms with Gasteiger partial charge in [0.1, 0.15) is 48.8 Å². The smallest absolute Gasteiger partial charge is 0.254 e. The zero-order valence-electron chi connectivity index (χ0n) is 12.3. The van der Waals surface area contributed by atoms with Crippen molar-refractivity contribution in [3.05, 3.63) is 0 Å². The van der Waals surface area contributed by atoms with Gasteiger partial charge in [0.25, 0.3) is 11.6 Å². The van der Waals surface area contributed by atoms with Crippen LogP contribution in [0.5, 0.6) is 0 Å². The molecule has 0 aromatic carbocycles. The van der Waals surface area contributed by atoms with E-state index < -0.39 is 73.6 Å². The molecule has 10 N–H and O–H groups in total. The van der Waals surface area contributed by atoms with Crippen LogP contribution >= 0.6 is 0 Å². The summed E-state index contributed by atoms with van der Waals surface area (Å²) in [6, 6.07) is 0. The highest BCUT2D eigenvalue weighted by molar-refractivity contribution is 5.09. The minimum absolute atomic E-state index is 0.950. The van der Waals surface area contributed by atoms with Gasteiger partial charge in [-0.1, -0.05) is 0 Å². The molecule has 24 heavy (non-hydrogen) atoms. The molecule has 0 aromatic rings. The highest BCUT2D eigenvalue weighted by Crippen LogP contribution is 2.43. The summed E-state index contributed by atoms with van der Waals surface area (Å²) in [5.41, 5.74) is 0. The highest BCUT2D eigenvalue weighted by Gasteiger charge is 2.71. The zero-order valence-corrected chi connectivity index (χ0v) is 12.3. The highest BCUT2D eigenvalue weighted by atomic mass is 16.7. The summed E-state index contributed by atoms with van der Waals surface area (Å²) in [5, 5.41) is 98.3. The van der Waals surface area contributed by atoms with Crippen LogP contribution in [-0.4, -0.2) is 125 Å². The first-order valence-electron chi connectivity index (χ1n) is 7.15. The predicted molar refractivity (Wildman–Crippen MR) is 69.9 cm³/mol. The molecule has 2 aliphatic rings. The lowest BCUT2D eigenvalue weighted by Gasteiger charge is -2.56. The second-order valence-corrected chi connectivity index (χ2v) is 5.92. The van der Waals surface area contributed by atoms with Crippen LogP contribution in [0.2, 0.25) is 0 Å². The minimum atomic E-state index is -3.33. The second-order valence-electron chi connectivity index (χ2n) is 5.92. The molecule has 2 fully saturated rings. The van der Waals surface area contributed by atoms with Gasteiger partial charge in [-0.25, -0.2) is 0 Å². The number of hydrogen-bond acceptors (Lipinski definition) is 12. The molecule has 0 aromatic heterocycles. The predicted octanol–water partition coefficient (Wildman–Crippen LogP) is -6.69. The molecule has 0 amide bonds. The van der Waals surface area contributed by atoms with E-state index in [1.165, 1.54) is 0 Å². The lowest BCUT2D eigenvalue weighted by atomic mass is 9.80. The Kier molecular flexibility index (Phi) is 5.52. The van der Waals surface area contributed by atoms with Gasteiger partial charge >= 0.3 is 0 Å². The number of ether oxygens (including phenoxy) is 2. The van der Waals surface area contributed by atoms with Gasteiger partial charge in [-0.2, -0.15) is 0 Å². The molecule has 0 spiro atoms. The number of hydrogen-bond donors (Lipinski definition) is 10. The lowest BCUT2D eigenvalue weighted by molar-refractivity contribution is -0.490. The van der Waals surface area contributed by atoms with Gasteiger partial charge in [0.05, 0.1) is 13.2 Å². The van der Waals surface area contributed by atoms with Crippen LogP contribution in [0, 0.1) is 0 Å². The van der Waals surface area contributed by atoms with Gasteiger partial charge in [0, 0.05) is 0 Å². The van der Waals surface area contributed by atoms with E-state index in [4.69, 9.17) is 19.7 Å². The summed E-state index contributed by atoms with van der Waals surface area (Å²) in [6.07, 6.45) is -16.2. The molecule has 12 heteroatoms. The number of aliphatic hydroxyl groups excluding tert-OH is 8. The molecule has 12 nitrogen and oxygen atoms in total. The minimum Gasteiger partial charge on any atom is -0.394 e. The van der Waals surface area contributed by atoms with Gasteiger partial charge in [-0.3, -0.25) is 0 Å². The topological polar surface area (TPSA) is 221 Å². The van der Waals surface area contributed by atoms with Crippen LogP contribution in [0.1, 0.15) is 0 Å². The first-order chi connectivity index (χ1) is 11.0. The Morgan fingerprint density at radius 1 is 0.583 bits per heavy atom. The largest absolute Gasteiger partial charge is 0.394 e. The van der Waals surface area contributed by atoms with Crippen molar-refractivity contribution < 1.29 is 60.5 Å². The molecular weight excluding hydrogens is 336 g/mol. The third-order valence-corrected chi connectivity index (χ3v) is 4.45. The first kappa shape index (κ1) is 19.8. The lowest BCUT2D eigenvalue weighted by Crippen LogP contribution is -2.81. The maximum Gasteiger partial charge on any atom is 0.254 e. The van der Waals surface area contributed by atoms with Crippen molar-refractivity contribution in [2.45, 2.75) is 60.4 Å². The monoisotopic (exact) mass is 358 g/mol. The zero-order chi connectivity index (χ0) is 18.4. The summed E-state index contributed by atoms with van der Waals surface area (Å²) in [6.45, 7) is -1.90. The Morgan fingerprint density at radius 2 is 0.875 bits per heavy atom. The van der Waals surface area contributed by atoms with Gasteiger partial charge < -0.3 is 60.5 Å². The van der Waals surface area contributed by atoms with E-state index in [1.54, 1.807) is 0 Å². The number of rotatable bonds is 3. The summed E-state index contributed by atoms with van der Waals surface area (Å²) >= 11 is 0. The van der Waals surface area contributed by atoms with Crippen molar-refractivity contribution in [3.8, 4) is 0 Å². The van der Waals surface area contributed by atoms with Crippen LogP contribution in [0.15, 0.2) is 0 Å². The molecule has 142 valence electrons. The Hall–Kier alpha value is -0.480. The summed E-state index contributed by atoms with van der Waals surface area (Å²) < 4.78 is 9.69. The molecule has 2 saturated heterocycles. The fourth-order valence-electron chi connectivity index (χ4n) is 2.90. The quantitative estimate of drug-likeness (QED) is 0.227. The molecule has 10 atom stereocenters. The number of aliphatic hydroxyl groups is 10. The van der Waals surface area contributed by atoms with Crippen molar-refractivity contribution >= 4 is 0 Å². The average molecular weight is 358 g/mol. The molecule has 0 aliphatic carbocycles. The van der Waals surface area contributed by atoms with E-state index in [9.17, 15) is 40.9 Å². The van der Waals surface area contributed by atoms with E-state index in [0.717, 1.165) is 0 Å². The maximum absolute atomic E-state index is 10.5. The van der Waals surface area contributed by atoms with Crippen molar-refractivity contribution in [1.82, 2.24) is 0 Å². The van der Waals surface area contributed by atoms with Crippen molar-refractivity contribution in [1.29, 1.82) is 0 Å². The third kappa shape index (κ3) is 2.65. The standard InChI is InChI=1S/C12H22O12/c13-1-3-5(15)7(17)9(19)11(21,23-3)12(22)10(20)8(18)6(16)4(2-14)24-12/h3-10,13-22H,1-2H2/t3-,4-,5+,6+,7+,8+,9-,10-,11?,12?/m1/s1. The maximum atomic E-state index is 10.5. The summed E-state index contributed by atoms with van der Waals surface area (Å²) in [4.78, 5) is 0.